The molecule has 0 aliphatic rings. The first-order chi connectivity index (χ1) is 13.2. The van der Waals surface area contributed by atoms with Crippen molar-refractivity contribution < 1.29 is 0 Å². The number of unbranched alkanes of at least 4 members (excludes halogenated alkanes) is 5. The molecule has 28 heavy (non-hydrogen) atoms. The Bertz CT molecular complexity index is 352. The maximum Gasteiger partial charge on any atom is 0.0388 e. The number of hydrogen-bond acceptors (Lipinski definition) is 2. The Morgan fingerprint density at radius 1 is 0.429 bits per heavy atom. The van der Waals surface area contributed by atoms with Gasteiger partial charge in [-0.3, -0.25) is 9.98 Å². The van der Waals surface area contributed by atoms with Gasteiger partial charge in [0.15, 0.2) is 0 Å². The van der Waals surface area contributed by atoms with Crippen LogP contribution >= 0.6 is 0 Å². The first-order valence-electron chi connectivity index (χ1n) is 12.2. The lowest BCUT2D eigenvalue weighted by atomic mass is 9.98. The molecule has 0 aromatic carbocycles. The first-order valence-corrected chi connectivity index (χ1v) is 12.2. The topological polar surface area (TPSA) is 24.7 Å². The molecule has 2 nitrogen and oxygen atoms in total. The normalized spacial score (nSPS) is 11.7. The molecule has 0 rings (SSSR count). The Balaban J connectivity index is 3.90. The molecular weight excluding hydrogens is 340 g/mol. The highest BCUT2D eigenvalue weighted by Crippen LogP contribution is 2.13. The summed E-state index contributed by atoms with van der Waals surface area (Å²) < 4.78 is 0. The minimum atomic E-state index is 0.724. The van der Waals surface area contributed by atoms with Crippen molar-refractivity contribution in [2.75, 3.05) is 13.1 Å². The summed E-state index contributed by atoms with van der Waals surface area (Å²) in [5.41, 5.74) is 2.89. The molecule has 0 radical (unpaired) electrons. The van der Waals surface area contributed by atoms with Crippen LogP contribution in [0.15, 0.2) is 9.98 Å². The summed E-state index contributed by atoms with van der Waals surface area (Å²) in [7, 11) is 0. The van der Waals surface area contributed by atoms with Crippen molar-refractivity contribution in [1.29, 1.82) is 0 Å². The van der Waals surface area contributed by atoms with Gasteiger partial charge in [-0.1, -0.05) is 81.1 Å². The van der Waals surface area contributed by atoms with Crippen LogP contribution in [0.4, 0.5) is 0 Å². The average molecular weight is 393 g/mol. The van der Waals surface area contributed by atoms with Crippen molar-refractivity contribution >= 4 is 11.4 Å². The highest BCUT2D eigenvalue weighted by molar-refractivity contribution is 5.85. The van der Waals surface area contributed by atoms with E-state index in [0.29, 0.717) is 0 Å². The lowest BCUT2D eigenvalue weighted by molar-refractivity contribution is 0.594. The van der Waals surface area contributed by atoms with E-state index in [-0.39, 0.29) is 0 Å². The SMILES string of the molecule is CC(C)CC(CC(C)C)=NCCCCCCCCN=C(CC(C)C)CC(C)C. The summed E-state index contributed by atoms with van der Waals surface area (Å²) in [6, 6.07) is 0. The van der Waals surface area contributed by atoms with Gasteiger partial charge in [0.25, 0.3) is 0 Å². The summed E-state index contributed by atoms with van der Waals surface area (Å²) in [5, 5.41) is 0. The van der Waals surface area contributed by atoms with E-state index in [4.69, 9.17) is 9.98 Å². The van der Waals surface area contributed by atoms with Crippen LogP contribution < -0.4 is 0 Å². The third kappa shape index (κ3) is 18.7. The molecule has 0 aliphatic carbocycles. The van der Waals surface area contributed by atoms with Crippen LogP contribution in [0.2, 0.25) is 0 Å². The molecule has 0 fully saturated rings. The van der Waals surface area contributed by atoms with Crippen molar-refractivity contribution in [3.8, 4) is 0 Å². The molecule has 0 aromatic rings. The molecule has 0 unspecified atom stereocenters. The highest BCUT2D eigenvalue weighted by atomic mass is 14.7. The summed E-state index contributed by atoms with van der Waals surface area (Å²) in [4.78, 5) is 9.83. The van der Waals surface area contributed by atoms with E-state index in [1.54, 1.807) is 0 Å². The van der Waals surface area contributed by atoms with Gasteiger partial charge < -0.3 is 0 Å². The van der Waals surface area contributed by atoms with E-state index >= 15 is 0 Å². The Morgan fingerprint density at radius 2 is 0.679 bits per heavy atom. The van der Waals surface area contributed by atoms with Crippen LogP contribution in [-0.4, -0.2) is 24.5 Å². The average Bonchev–Trinajstić information content (AvgIpc) is 2.54. The second-order valence-electron chi connectivity index (χ2n) is 10.4. The fourth-order valence-corrected chi connectivity index (χ4v) is 3.71. The Kier molecular flexibility index (Phi) is 16.8. The van der Waals surface area contributed by atoms with E-state index in [1.165, 1.54) is 75.6 Å². The maximum absolute atomic E-state index is 4.92. The smallest absolute Gasteiger partial charge is 0.0388 e. The highest BCUT2D eigenvalue weighted by Gasteiger charge is 2.06. The largest absolute Gasteiger partial charge is 0.294 e. The molecule has 0 spiro atoms. The molecule has 0 atom stereocenters. The van der Waals surface area contributed by atoms with E-state index < -0.39 is 0 Å². The van der Waals surface area contributed by atoms with Gasteiger partial charge in [-0.15, -0.1) is 0 Å². The van der Waals surface area contributed by atoms with Gasteiger partial charge in [0, 0.05) is 24.5 Å². The third-order valence-corrected chi connectivity index (χ3v) is 4.81. The Morgan fingerprint density at radius 3 is 0.929 bits per heavy atom. The predicted molar refractivity (Wildman–Crippen MR) is 130 cm³/mol. The molecular formula is C26H52N2. The third-order valence-electron chi connectivity index (χ3n) is 4.81. The molecule has 0 N–H and O–H groups in total. The summed E-state index contributed by atoms with van der Waals surface area (Å²) in [6.07, 6.45) is 12.6. The van der Waals surface area contributed by atoms with E-state index in [0.717, 1.165) is 36.8 Å². The van der Waals surface area contributed by atoms with E-state index in [9.17, 15) is 0 Å². The van der Waals surface area contributed by atoms with Crippen LogP contribution in [-0.2, 0) is 0 Å². The molecule has 0 amide bonds. The summed E-state index contributed by atoms with van der Waals surface area (Å²) in [5.74, 6) is 2.90. The van der Waals surface area contributed by atoms with Crippen LogP contribution in [0, 0.1) is 23.7 Å². The minimum Gasteiger partial charge on any atom is -0.294 e. The Labute approximate surface area is 178 Å². The fraction of sp³-hybridized carbons (Fsp3) is 0.923. The molecule has 0 aromatic heterocycles. The number of hydrogen-bond donors (Lipinski definition) is 0. The van der Waals surface area contributed by atoms with Crippen molar-refractivity contribution in [3.05, 3.63) is 0 Å². The molecule has 2 heteroatoms. The summed E-state index contributed by atoms with van der Waals surface area (Å²) in [6.45, 7) is 20.5. The Hall–Kier alpha value is -0.660. The van der Waals surface area contributed by atoms with E-state index in [1.807, 2.05) is 0 Å². The van der Waals surface area contributed by atoms with Crippen LogP contribution in [0.25, 0.3) is 0 Å². The monoisotopic (exact) mass is 392 g/mol. The maximum atomic E-state index is 4.92. The second kappa shape index (κ2) is 17.2. The van der Waals surface area contributed by atoms with Crippen molar-refractivity contribution in [2.45, 2.75) is 120 Å². The van der Waals surface area contributed by atoms with Gasteiger partial charge >= 0.3 is 0 Å². The zero-order chi connectivity index (χ0) is 21.4. The quantitative estimate of drug-likeness (QED) is 0.175. The van der Waals surface area contributed by atoms with E-state index in [2.05, 4.69) is 55.4 Å². The lowest BCUT2D eigenvalue weighted by Crippen LogP contribution is -2.08. The summed E-state index contributed by atoms with van der Waals surface area (Å²) >= 11 is 0. The van der Waals surface area contributed by atoms with Crippen LogP contribution in [0.5, 0.6) is 0 Å². The lowest BCUT2D eigenvalue weighted by Gasteiger charge is -2.12. The molecule has 166 valence electrons. The molecule has 0 bridgehead atoms. The van der Waals surface area contributed by atoms with Gasteiger partial charge in [0.1, 0.15) is 0 Å². The molecule has 0 heterocycles. The molecule has 0 saturated carbocycles. The number of rotatable bonds is 17. The fourth-order valence-electron chi connectivity index (χ4n) is 3.71. The zero-order valence-electron chi connectivity index (χ0n) is 20.7. The van der Waals surface area contributed by atoms with Crippen molar-refractivity contribution in [1.82, 2.24) is 0 Å². The van der Waals surface area contributed by atoms with Gasteiger partial charge in [-0.05, 0) is 62.2 Å². The van der Waals surface area contributed by atoms with Crippen molar-refractivity contribution in [2.24, 2.45) is 33.7 Å². The van der Waals surface area contributed by atoms with Gasteiger partial charge in [0.2, 0.25) is 0 Å². The van der Waals surface area contributed by atoms with Gasteiger partial charge in [0.05, 0.1) is 0 Å². The van der Waals surface area contributed by atoms with Crippen LogP contribution in [0.3, 0.4) is 0 Å². The predicted octanol–water partition coefficient (Wildman–Crippen LogP) is 8.39. The first kappa shape index (κ1) is 27.3. The number of aliphatic imine (C=N–C) groups is 2. The second-order valence-corrected chi connectivity index (χ2v) is 10.4. The van der Waals surface area contributed by atoms with Gasteiger partial charge in [-0.2, -0.15) is 0 Å². The standard InChI is InChI=1S/C26H52N2/c1-21(2)17-25(18-22(3)4)27-15-13-11-9-10-12-14-16-28-26(19-23(5)6)20-24(7)8/h21-24H,9-20H2,1-8H3. The zero-order valence-corrected chi connectivity index (χ0v) is 20.7. The molecule has 0 saturated heterocycles. The number of nitrogens with zero attached hydrogens (tertiary/aromatic N) is 2. The van der Waals surface area contributed by atoms with Crippen LogP contribution in [0.1, 0.15) is 120 Å². The van der Waals surface area contributed by atoms with Gasteiger partial charge in [-0.25, -0.2) is 0 Å². The molecule has 0 aliphatic heterocycles. The van der Waals surface area contributed by atoms with Crippen molar-refractivity contribution in [3.63, 3.8) is 0 Å². The minimum absolute atomic E-state index is 0.724.